The van der Waals surface area contributed by atoms with Gasteiger partial charge in [0.05, 0.1) is 0 Å². The lowest BCUT2D eigenvalue weighted by Gasteiger charge is -2.36. The van der Waals surface area contributed by atoms with Crippen molar-refractivity contribution in [2.45, 2.75) is 18.3 Å². The highest BCUT2D eigenvalue weighted by Crippen LogP contribution is 2.42. The first-order valence-corrected chi connectivity index (χ1v) is 6.53. The summed E-state index contributed by atoms with van der Waals surface area (Å²) in [6.45, 7) is 0. The van der Waals surface area contributed by atoms with Gasteiger partial charge < -0.3 is 5.11 Å². The van der Waals surface area contributed by atoms with Gasteiger partial charge in [0.15, 0.2) is 0 Å². The van der Waals surface area contributed by atoms with Crippen LogP contribution in [0, 0.1) is 0 Å². The zero-order valence-electron chi connectivity index (χ0n) is 10.9. The van der Waals surface area contributed by atoms with Crippen molar-refractivity contribution >= 4 is 11.8 Å². The first-order chi connectivity index (χ1) is 9.62. The van der Waals surface area contributed by atoms with E-state index in [1.54, 1.807) is 0 Å². The number of Topliss-reactive ketones (excluding diaryl/α,β-unsaturated/α-hetero) is 1. The molecule has 1 N–H and O–H groups in total. The first kappa shape index (κ1) is 12.6. The number of carboxylic acids is 1. The molecule has 1 fully saturated rings. The lowest BCUT2D eigenvalue weighted by Crippen LogP contribution is -2.48. The number of aliphatic carboxylic acids is 1. The van der Waals surface area contributed by atoms with Crippen molar-refractivity contribution in [1.29, 1.82) is 0 Å². The van der Waals surface area contributed by atoms with Crippen LogP contribution in [0.4, 0.5) is 0 Å². The molecule has 0 atom stereocenters. The largest absolute Gasteiger partial charge is 0.481 e. The quantitative estimate of drug-likeness (QED) is 0.929. The predicted octanol–water partition coefficient (Wildman–Crippen LogP) is 3.04. The van der Waals surface area contributed by atoms with Crippen LogP contribution >= 0.6 is 0 Å². The minimum Gasteiger partial charge on any atom is -0.481 e. The molecule has 2 aromatic carbocycles. The van der Waals surface area contributed by atoms with E-state index in [9.17, 15) is 14.7 Å². The third-order valence-corrected chi connectivity index (χ3v) is 3.95. The van der Waals surface area contributed by atoms with Gasteiger partial charge in [-0.1, -0.05) is 54.6 Å². The average molecular weight is 266 g/mol. The highest BCUT2D eigenvalue weighted by Gasteiger charge is 2.51. The van der Waals surface area contributed by atoms with Gasteiger partial charge in [0.1, 0.15) is 11.2 Å². The van der Waals surface area contributed by atoms with Crippen LogP contribution in [0.1, 0.15) is 18.4 Å². The maximum absolute atomic E-state index is 11.5. The molecule has 0 amide bonds. The molecule has 0 aromatic heterocycles. The van der Waals surface area contributed by atoms with Crippen LogP contribution in [-0.4, -0.2) is 16.9 Å². The standard InChI is InChI=1S/C17H14O3/c18-15-10-17(11-15,16(19)20)14-8-6-13(7-9-14)12-4-2-1-3-5-12/h1-9H,10-11H2,(H,19,20). The summed E-state index contributed by atoms with van der Waals surface area (Å²) in [7, 11) is 0. The molecule has 1 aliphatic carbocycles. The number of carbonyl (C=O) groups excluding carboxylic acids is 1. The third-order valence-electron chi connectivity index (χ3n) is 3.95. The van der Waals surface area contributed by atoms with Crippen molar-refractivity contribution in [2.24, 2.45) is 0 Å². The number of rotatable bonds is 3. The van der Waals surface area contributed by atoms with Crippen LogP contribution in [0.5, 0.6) is 0 Å². The molecule has 0 bridgehead atoms. The van der Waals surface area contributed by atoms with E-state index in [1.807, 2.05) is 54.6 Å². The van der Waals surface area contributed by atoms with Crippen LogP contribution in [-0.2, 0) is 15.0 Å². The number of carboxylic acid groups (broad SMARTS) is 1. The van der Waals surface area contributed by atoms with E-state index in [0.717, 1.165) is 11.1 Å². The van der Waals surface area contributed by atoms with Gasteiger partial charge in [-0.25, -0.2) is 0 Å². The van der Waals surface area contributed by atoms with Gasteiger partial charge in [-0.3, -0.25) is 9.59 Å². The topological polar surface area (TPSA) is 54.4 Å². The number of hydrogen-bond donors (Lipinski definition) is 1. The molecule has 1 saturated carbocycles. The average Bonchev–Trinajstić information content (AvgIpc) is 2.44. The highest BCUT2D eigenvalue weighted by atomic mass is 16.4. The van der Waals surface area contributed by atoms with E-state index in [-0.39, 0.29) is 18.6 Å². The van der Waals surface area contributed by atoms with Crippen molar-refractivity contribution in [3.8, 4) is 11.1 Å². The maximum Gasteiger partial charge on any atom is 0.315 e. The molecule has 2 aromatic rings. The molecule has 0 unspecified atom stereocenters. The fraction of sp³-hybridized carbons (Fsp3) is 0.176. The summed E-state index contributed by atoms with van der Waals surface area (Å²) < 4.78 is 0. The molecular weight excluding hydrogens is 252 g/mol. The van der Waals surface area contributed by atoms with Crippen molar-refractivity contribution in [1.82, 2.24) is 0 Å². The van der Waals surface area contributed by atoms with Crippen molar-refractivity contribution in [3.05, 3.63) is 60.2 Å². The number of carbonyl (C=O) groups is 2. The molecular formula is C17H14O3. The summed E-state index contributed by atoms with van der Waals surface area (Å²) in [5.41, 5.74) is 1.84. The SMILES string of the molecule is O=C1CC(C(=O)O)(c2ccc(-c3ccccc3)cc2)C1. The summed E-state index contributed by atoms with van der Waals surface area (Å²) in [6.07, 6.45) is 0.208. The molecule has 0 radical (unpaired) electrons. The van der Waals surface area contributed by atoms with Gasteiger partial charge in [0.2, 0.25) is 0 Å². The molecule has 3 rings (SSSR count). The van der Waals surface area contributed by atoms with E-state index >= 15 is 0 Å². The molecule has 1 aliphatic rings. The van der Waals surface area contributed by atoms with Crippen LogP contribution in [0.25, 0.3) is 11.1 Å². The Morgan fingerprint density at radius 3 is 1.95 bits per heavy atom. The number of ketones is 1. The lowest BCUT2D eigenvalue weighted by atomic mass is 9.63. The second-order valence-electron chi connectivity index (χ2n) is 5.22. The summed E-state index contributed by atoms with van der Waals surface area (Å²) in [5.74, 6) is -0.899. The van der Waals surface area contributed by atoms with Crippen LogP contribution in [0.15, 0.2) is 54.6 Å². The third kappa shape index (κ3) is 1.92. The Labute approximate surface area is 116 Å². The zero-order valence-corrected chi connectivity index (χ0v) is 10.9. The monoisotopic (exact) mass is 266 g/mol. The molecule has 20 heavy (non-hydrogen) atoms. The Balaban J connectivity index is 1.94. The molecule has 0 aliphatic heterocycles. The minimum absolute atomic E-state index is 0.0135. The Hall–Kier alpha value is -2.42. The Morgan fingerprint density at radius 1 is 0.900 bits per heavy atom. The molecule has 100 valence electrons. The fourth-order valence-corrected chi connectivity index (χ4v) is 2.71. The first-order valence-electron chi connectivity index (χ1n) is 6.53. The molecule has 0 spiro atoms. The van der Waals surface area contributed by atoms with Gasteiger partial charge in [0, 0.05) is 12.8 Å². The van der Waals surface area contributed by atoms with Crippen LogP contribution < -0.4 is 0 Å². The van der Waals surface area contributed by atoms with Gasteiger partial charge in [-0.2, -0.15) is 0 Å². The Kier molecular flexibility index (Phi) is 2.90. The maximum atomic E-state index is 11.5. The number of hydrogen-bond acceptors (Lipinski definition) is 2. The smallest absolute Gasteiger partial charge is 0.315 e. The minimum atomic E-state index is -1.01. The molecule has 0 heterocycles. The second kappa shape index (κ2) is 4.60. The number of benzene rings is 2. The van der Waals surface area contributed by atoms with Gasteiger partial charge in [0.25, 0.3) is 0 Å². The second-order valence-corrected chi connectivity index (χ2v) is 5.22. The zero-order chi connectivity index (χ0) is 14.2. The van der Waals surface area contributed by atoms with Crippen LogP contribution in [0.2, 0.25) is 0 Å². The lowest BCUT2D eigenvalue weighted by molar-refractivity contribution is -0.153. The Bertz CT molecular complexity index is 648. The van der Waals surface area contributed by atoms with E-state index in [2.05, 4.69) is 0 Å². The highest BCUT2D eigenvalue weighted by molar-refractivity contribution is 6.01. The summed E-state index contributed by atoms with van der Waals surface area (Å²) >= 11 is 0. The summed E-state index contributed by atoms with van der Waals surface area (Å²) in [6, 6.07) is 17.4. The predicted molar refractivity (Wildman–Crippen MR) is 75.4 cm³/mol. The fourth-order valence-electron chi connectivity index (χ4n) is 2.71. The van der Waals surface area contributed by atoms with E-state index in [4.69, 9.17) is 0 Å². The van der Waals surface area contributed by atoms with Crippen molar-refractivity contribution in [2.75, 3.05) is 0 Å². The van der Waals surface area contributed by atoms with E-state index < -0.39 is 11.4 Å². The summed E-state index contributed by atoms with van der Waals surface area (Å²) in [4.78, 5) is 22.7. The van der Waals surface area contributed by atoms with E-state index in [0.29, 0.717) is 5.56 Å². The van der Waals surface area contributed by atoms with Gasteiger partial charge in [-0.15, -0.1) is 0 Å². The molecule has 0 saturated heterocycles. The van der Waals surface area contributed by atoms with Crippen molar-refractivity contribution < 1.29 is 14.7 Å². The van der Waals surface area contributed by atoms with E-state index in [1.165, 1.54) is 0 Å². The normalized spacial score (nSPS) is 16.5. The van der Waals surface area contributed by atoms with Crippen LogP contribution in [0.3, 0.4) is 0 Å². The van der Waals surface area contributed by atoms with Gasteiger partial charge in [-0.05, 0) is 16.7 Å². The Morgan fingerprint density at radius 2 is 1.45 bits per heavy atom. The molecule has 3 heteroatoms. The molecule has 3 nitrogen and oxygen atoms in total. The summed E-state index contributed by atoms with van der Waals surface area (Å²) in [5, 5.41) is 9.39. The van der Waals surface area contributed by atoms with Crippen molar-refractivity contribution in [3.63, 3.8) is 0 Å². The van der Waals surface area contributed by atoms with Gasteiger partial charge >= 0.3 is 5.97 Å².